The molecule has 2 aromatic rings. The van der Waals surface area contributed by atoms with Crippen LogP contribution in [0.15, 0.2) is 24.4 Å². The van der Waals surface area contributed by atoms with E-state index in [2.05, 4.69) is 4.98 Å². The van der Waals surface area contributed by atoms with E-state index in [1.54, 1.807) is 6.20 Å². The maximum atomic E-state index is 10.6. The third-order valence-corrected chi connectivity index (χ3v) is 2.09. The number of aliphatic hydroxyl groups excluding tert-OH is 1. The van der Waals surface area contributed by atoms with Crippen molar-refractivity contribution >= 4 is 17.2 Å². The molecule has 2 rings (SSSR count). The van der Waals surface area contributed by atoms with Crippen LogP contribution in [0.2, 0.25) is 0 Å². The molecular formula is C10H9NO2. The Balaban J connectivity index is 2.71. The fourth-order valence-electron chi connectivity index (χ4n) is 1.39. The highest BCUT2D eigenvalue weighted by molar-refractivity contribution is 5.97. The van der Waals surface area contributed by atoms with Gasteiger partial charge in [-0.05, 0) is 17.7 Å². The van der Waals surface area contributed by atoms with E-state index >= 15 is 0 Å². The largest absolute Gasteiger partial charge is 0.392 e. The predicted molar refractivity (Wildman–Crippen MR) is 49.6 cm³/mol. The van der Waals surface area contributed by atoms with Gasteiger partial charge in [-0.1, -0.05) is 6.07 Å². The van der Waals surface area contributed by atoms with Crippen LogP contribution in [0.5, 0.6) is 0 Å². The highest BCUT2D eigenvalue weighted by Crippen LogP contribution is 2.18. The maximum absolute atomic E-state index is 10.6. The van der Waals surface area contributed by atoms with Crippen molar-refractivity contribution in [2.75, 3.05) is 0 Å². The van der Waals surface area contributed by atoms with Gasteiger partial charge in [0.15, 0.2) is 6.29 Å². The van der Waals surface area contributed by atoms with Crippen LogP contribution in [0.3, 0.4) is 0 Å². The van der Waals surface area contributed by atoms with Gasteiger partial charge in [0, 0.05) is 22.7 Å². The molecule has 1 aromatic carbocycles. The molecule has 0 aliphatic rings. The van der Waals surface area contributed by atoms with Gasteiger partial charge in [0.2, 0.25) is 0 Å². The van der Waals surface area contributed by atoms with Crippen LogP contribution < -0.4 is 0 Å². The minimum Gasteiger partial charge on any atom is -0.392 e. The average molecular weight is 175 g/mol. The van der Waals surface area contributed by atoms with E-state index < -0.39 is 0 Å². The van der Waals surface area contributed by atoms with E-state index in [1.165, 1.54) is 0 Å². The second-order valence-electron chi connectivity index (χ2n) is 2.90. The number of aldehydes is 1. The summed E-state index contributed by atoms with van der Waals surface area (Å²) in [6.07, 6.45) is 2.47. The van der Waals surface area contributed by atoms with Crippen molar-refractivity contribution in [2.24, 2.45) is 0 Å². The van der Waals surface area contributed by atoms with Crippen molar-refractivity contribution < 1.29 is 9.90 Å². The minimum atomic E-state index is -0.000578. The zero-order valence-corrected chi connectivity index (χ0v) is 6.95. The average Bonchev–Trinajstić information content (AvgIpc) is 2.59. The Labute approximate surface area is 75.0 Å². The number of aromatic amines is 1. The van der Waals surface area contributed by atoms with Crippen molar-refractivity contribution in [1.29, 1.82) is 0 Å². The van der Waals surface area contributed by atoms with Crippen LogP contribution in [-0.2, 0) is 6.61 Å². The van der Waals surface area contributed by atoms with Gasteiger partial charge in [-0.25, -0.2) is 0 Å². The predicted octanol–water partition coefficient (Wildman–Crippen LogP) is 1.47. The molecule has 3 nitrogen and oxygen atoms in total. The third-order valence-electron chi connectivity index (χ3n) is 2.09. The molecule has 1 heterocycles. The summed E-state index contributed by atoms with van der Waals surface area (Å²) in [6.45, 7) is -0.000578. The van der Waals surface area contributed by atoms with Crippen molar-refractivity contribution in [3.05, 3.63) is 35.5 Å². The molecule has 0 unspecified atom stereocenters. The van der Waals surface area contributed by atoms with Crippen LogP contribution in [0.4, 0.5) is 0 Å². The van der Waals surface area contributed by atoms with Crippen LogP contribution in [0, 0.1) is 0 Å². The zero-order chi connectivity index (χ0) is 9.26. The molecule has 0 bridgehead atoms. The van der Waals surface area contributed by atoms with Crippen molar-refractivity contribution in [2.45, 2.75) is 6.61 Å². The number of fused-ring (bicyclic) bond motifs is 1. The zero-order valence-electron chi connectivity index (χ0n) is 6.95. The highest BCUT2D eigenvalue weighted by atomic mass is 16.3. The standard InChI is InChI=1S/C10H9NO2/c12-5-7-1-2-10-9(3-7)8(6-13)4-11-10/h1-4,6,11-12H,5H2. The first-order chi connectivity index (χ1) is 6.35. The van der Waals surface area contributed by atoms with Crippen LogP contribution in [0.25, 0.3) is 10.9 Å². The number of aliphatic hydroxyl groups is 1. The molecular weight excluding hydrogens is 166 g/mol. The lowest BCUT2D eigenvalue weighted by atomic mass is 10.1. The van der Waals surface area contributed by atoms with E-state index in [4.69, 9.17) is 5.11 Å². The molecule has 1 aromatic heterocycles. The molecule has 13 heavy (non-hydrogen) atoms. The lowest BCUT2D eigenvalue weighted by Crippen LogP contribution is -1.82. The molecule has 0 saturated heterocycles. The van der Waals surface area contributed by atoms with Crippen molar-refractivity contribution in [3.63, 3.8) is 0 Å². The van der Waals surface area contributed by atoms with Crippen molar-refractivity contribution in [1.82, 2.24) is 4.98 Å². The summed E-state index contributed by atoms with van der Waals surface area (Å²) in [7, 11) is 0. The van der Waals surface area contributed by atoms with Crippen LogP contribution >= 0.6 is 0 Å². The maximum Gasteiger partial charge on any atom is 0.152 e. The van der Waals surface area contributed by atoms with Gasteiger partial charge in [0.1, 0.15) is 0 Å². The summed E-state index contributed by atoms with van der Waals surface area (Å²) in [5.41, 5.74) is 2.36. The molecule has 0 spiro atoms. The Morgan fingerprint density at radius 2 is 2.31 bits per heavy atom. The Morgan fingerprint density at radius 1 is 1.46 bits per heavy atom. The molecule has 3 heteroatoms. The van der Waals surface area contributed by atoms with Gasteiger partial charge in [0.25, 0.3) is 0 Å². The van der Waals surface area contributed by atoms with Gasteiger partial charge < -0.3 is 10.1 Å². The summed E-state index contributed by atoms with van der Waals surface area (Å²) in [6, 6.07) is 5.50. The normalized spacial score (nSPS) is 10.5. The Kier molecular flexibility index (Phi) is 1.87. The smallest absolute Gasteiger partial charge is 0.152 e. The minimum absolute atomic E-state index is 0.000578. The van der Waals surface area contributed by atoms with E-state index in [1.807, 2.05) is 18.2 Å². The van der Waals surface area contributed by atoms with Crippen molar-refractivity contribution in [3.8, 4) is 0 Å². The highest BCUT2D eigenvalue weighted by Gasteiger charge is 2.02. The first kappa shape index (κ1) is 8.01. The second kappa shape index (κ2) is 3.03. The number of carbonyl (C=O) groups is 1. The summed E-state index contributed by atoms with van der Waals surface area (Å²) in [5, 5.41) is 9.76. The number of aromatic nitrogens is 1. The molecule has 0 amide bonds. The molecule has 0 saturated carbocycles. The summed E-state index contributed by atoms with van der Waals surface area (Å²) in [5.74, 6) is 0. The first-order valence-electron chi connectivity index (χ1n) is 4.01. The van der Waals surface area contributed by atoms with Gasteiger partial charge >= 0.3 is 0 Å². The Morgan fingerprint density at radius 3 is 3.00 bits per heavy atom. The number of carbonyl (C=O) groups excluding carboxylic acids is 1. The van der Waals surface area contributed by atoms with Gasteiger partial charge in [0.05, 0.1) is 6.61 Å². The molecule has 66 valence electrons. The number of rotatable bonds is 2. The SMILES string of the molecule is O=Cc1c[nH]c2ccc(CO)cc12. The summed E-state index contributed by atoms with van der Waals surface area (Å²) >= 11 is 0. The number of H-pyrrole nitrogens is 1. The molecule has 0 aliphatic heterocycles. The number of benzene rings is 1. The first-order valence-corrected chi connectivity index (χ1v) is 4.01. The monoisotopic (exact) mass is 175 g/mol. The van der Waals surface area contributed by atoms with E-state index in [0.717, 1.165) is 22.8 Å². The van der Waals surface area contributed by atoms with Gasteiger partial charge in [-0.15, -0.1) is 0 Å². The van der Waals surface area contributed by atoms with Gasteiger partial charge in [-0.2, -0.15) is 0 Å². The Bertz CT molecular complexity index is 445. The quantitative estimate of drug-likeness (QED) is 0.679. The fraction of sp³-hybridized carbons (Fsp3) is 0.100. The molecule has 0 fully saturated rings. The summed E-state index contributed by atoms with van der Waals surface area (Å²) < 4.78 is 0. The number of hydrogen-bond donors (Lipinski definition) is 2. The third kappa shape index (κ3) is 1.23. The Hall–Kier alpha value is -1.61. The van der Waals surface area contributed by atoms with E-state index in [9.17, 15) is 4.79 Å². The fourth-order valence-corrected chi connectivity index (χ4v) is 1.39. The van der Waals surface area contributed by atoms with E-state index in [-0.39, 0.29) is 6.61 Å². The molecule has 0 atom stereocenters. The molecule has 0 aliphatic carbocycles. The number of nitrogens with one attached hydrogen (secondary N) is 1. The van der Waals surface area contributed by atoms with Crippen LogP contribution in [0.1, 0.15) is 15.9 Å². The molecule has 2 N–H and O–H groups in total. The topological polar surface area (TPSA) is 53.1 Å². The van der Waals surface area contributed by atoms with E-state index in [0.29, 0.717) is 5.56 Å². The van der Waals surface area contributed by atoms with Crippen LogP contribution in [-0.4, -0.2) is 16.4 Å². The van der Waals surface area contributed by atoms with Gasteiger partial charge in [-0.3, -0.25) is 4.79 Å². The lowest BCUT2D eigenvalue weighted by Gasteiger charge is -1.95. The molecule has 0 radical (unpaired) electrons. The number of hydrogen-bond acceptors (Lipinski definition) is 2. The lowest BCUT2D eigenvalue weighted by molar-refractivity contribution is 0.112. The second-order valence-corrected chi connectivity index (χ2v) is 2.90. The summed E-state index contributed by atoms with van der Waals surface area (Å²) in [4.78, 5) is 13.6.